The van der Waals surface area contributed by atoms with Crippen LogP contribution in [0.1, 0.15) is 25.8 Å². The molecule has 0 spiro atoms. The smallest absolute Gasteiger partial charge is 0.0974 e. The second-order valence-electron chi connectivity index (χ2n) is 3.36. The highest BCUT2D eigenvalue weighted by molar-refractivity contribution is 5.46. The molecule has 0 atom stereocenters. The molecule has 0 radical (unpaired) electrons. The van der Waals surface area contributed by atoms with Gasteiger partial charge in [-0.1, -0.05) is 26.0 Å². The summed E-state index contributed by atoms with van der Waals surface area (Å²) >= 11 is 0. The van der Waals surface area contributed by atoms with Gasteiger partial charge in [0.25, 0.3) is 0 Å². The first-order chi connectivity index (χ1) is 6.29. The first-order valence-corrected chi connectivity index (χ1v) is 4.71. The van der Waals surface area contributed by atoms with Gasteiger partial charge in [0.05, 0.1) is 12.5 Å². The number of nitrogens with one attached hydrogen (secondary N) is 1. The Hall–Kier alpha value is -1.02. The Morgan fingerprint density at radius 3 is 3.00 bits per heavy atom. The zero-order valence-electron chi connectivity index (χ0n) is 8.29. The molecule has 0 aliphatic carbocycles. The Kier molecular flexibility index (Phi) is 4.33. The van der Waals surface area contributed by atoms with Gasteiger partial charge < -0.3 is 9.73 Å². The fourth-order valence-corrected chi connectivity index (χ4v) is 1.04. The summed E-state index contributed by atoms with van der Waals surface area (Å²) in [5.74, 6) is 0. The monoisotopic (exact) mass is 179 g/mol. The molecule has 0 unspecified atom stereocenters. The maximum atomic E-state index is 4.94. The van der Waals surface area contributed by atoms with E-state index < -0.39 is 0 Å². The van der Waals surface area contributed by atoms with Crippen LogP contribution in [-0.2, 0) is 0 Å². The normalized spacial score (nSPS) is 11.6. The molecule has 0 bridgehead atoms. The van der Waals surface area contributed by atoms with Crippen molar-refractivity contribution in [3.8, 4) is 0 Å². The van der Waals surface area contributed by atoms with Crippen molar-refractivity contribution in [2.24, 2.45) is 0 Å². The molecule has 2 nitrogen and oxygen atoms in total. The topological polar surface area (TPSA) is 25.2 Å². The fraction of sp³-hybridized carbons (Fsp3) is 0.455. The van der Waals surface area contributed by atoms with E-state index in [1.807, 2.05) is 6.07 Å². The Balaban J connectivity index is 2.12. The summed E-state index contributed by atoms with van der Waals surface area (Å²) in [6.07, 6.45) is 8.72. The largest absolute Gasteiger partial charge is 0.472 e. The van der Waals surface area contributed by atoms with Gasteiger partial charge in [-0.05, 0) is 19.0 Å². The molecule has 1 aromatic rings. The van der Waals surface area contributed by atoms with Crippen LogP contribution in [0.5, 0.6) is 0 Å². The predicted molar refractivity (Wildman–Crippen MR) is 55.5 cm³/mol. The SMILES string of the molecule is CC(C)NCCC=Cc1ccoc1. The van der Waals surface area contributed by atoms with E-state index in [9.17, 15) is 0 Å². The Bertz CT molecular complexity index is 237. The van der Waals surface area contributed by atoms with Gasteiger partial charge in [-0.3, -0.25) is 0 Å². The average molecular weight is 179 g/mol. The van der Waals surface area contributed by atoms with Crippen molar-refractivity contribution in [1.29, 1.82) is 0 Å². The lowest BCUT2D eigenvalue weighted by atomic mass is 10.2. The minimum atomic E-state index is 0.572. The number of hydrogen-bond donors (Lipinski definition) is 1. The number of rotatable bonds is 5. The van der Waals surface area contributed by atoms with E-state index in [1.165, 1.54) is 0 Å². The maximum absolute atomic E-state index is 4.94. The number of furan rings is 1. The first kappa shape index (κ1) is 10.1. The molecule has 0 saturated carbocycles. The van der Waals surface area contributed by atoms with E-state index >= 15 is 0 Å². The van der Waals surface area contributed by atoms with E-state index in [4.69, 9.17) is 4.42 Å². The maximum Gasteiger partial charge on any atom is 0.0974 e. The molecule has 0 aromatic carbocycles. The van der Waals surface area contributed by atoms with Crippen LogP contribution in [0, 0.1) is 0 Å². The van der Waals surface area contributed by atoms with Crippen molar-refractivity contribution in [3.05, 3.63) is 30.2 Å². The van der Waals surface area contributed by atoms with Gasteiger partial charge in [0.1, 0.15) is 0 Å². The second-order valence-corrected chi connectivity index (χ2v) is 3.36. The quantitative estimate of drug-likeness (QED) is 0.703. The van der Waals surface area contributed by atoms with Crippen molar-refractivity contribution in [1.82, 2.24) is 5.32 Å². The summed E-state index contributed by atoms with van der Waals surface area (Å²) in [6, 6.07) is 2.52. The summed E-state index contributed by atoms with van der Waals surface area (Å²) in [5, 5.41) is 3.35. The van der Waals surface area contributed by atoms with Crippen LogP contribution in [-0.4, -0.2) is 12.6 Å². The molecule has 0 aliphatic heterocycles. The molecular weight excluding hydrogens is 162 g/mol. The molecule has 0 amide bonds. The molecule has 1 rings (SSSR count). The highest BCUT2D eigenvalue weighted by atomic mass is 16.3. The average Bonchev–Trinajstić information content (AvgIpc) is 2.55. The summed E-state index contributed by atoms with van der Waals surface area (Å²) in [7, 11) is 0. The van der Waals surface area contributed by atoms with Crippen LogP contribution in [0.3, 0.4) is 0 Å². The van der Waals surface area contributed by atoms with Crippen LogP contribution in [0.4, 0.5) is 0 Å². The summed E-state index contributed by atoms with van der Waals surface area (Å²) in [5.41, 5.74) is 1.13. The van der Waals surface area contributed by atoms with Gasteiger partial charge in [-0.2, -0.15) is 0 Å². The lowest BCUT2D eigenvalue weighted by Crippen LogP contribution is -2.23. The van der Waals surface area contributed by atoms with Crippen molar-refractivity contribution in [2.45, 2.75) is 26.3 Å². The van der Waals surface area contributed by atoms with E-state index in [-0.39, 0.29) is 0 Å². The number of hydrogen-bond acceptors (Lipinski definition) is 2. The molecular formula is C11H17NO. The Morgan fingerprint density at radius 2 is 2.38 bits per heavy atom. The molecule has 13 heavy (non-hydrogen) atoms. The van der Waals surface area contributed by atoms with E-state index in [0.29, 0.717) is 6.04 Å². The lowest BCUT2D eigenvalue weighted by Gasteiger charge is -2.04. The van der Waals surface area contributed by atoms with Crippen molar-refractivity contribution >= 4 is 6.08 Å². The van der Waals surface area contributed by atoms with Crippen LogP contribution in [0.2, 0.25) is 0 Å². The van der Waals surface area contributed by atoms with E-state index in [2.05, 4.69) is 31.3 Å². The zero-order chi connectivity index (χ0) is 9.52. The van der Waals surface area contributed by atoms with Gasteiger partial charge in [0.2, 0.25) is 0 Å². The third kappa shape index (κ3) is 4.53. The van der Waals surface area contributed by atoms with Crippen LogP contribution in [0.25, 0.3) is 6.08 Å². The van der Waals surface area contributed by atoms with E-state index in [0.717, 1.165) is 18.5 Å². The molecule has 72 valence electrons. The van der Waals surface area contributed by atoms with Gasteiger partial charge in [0, 0.05) is 11.6 Å². The van der Waals surface area contributed by atoms with Gasteiger partial charge in [-0.15, -0.1) is 0 Å². The summed E-state index contributed by atoms with van der Waals surface area (Å²) in [4.78, 5) is 0. The minimum absolute atomic E-state index is 0.572. The third-order valence-electron chi connectivity index (χ3n) is 1.72. The molecule has 1 aromatic heterocycles. The van der Waals surface area contributed by atoms with Gasteiger partial charge in [0.15, 0.2) is 0 Å². The van der Waals surface area contributed by atoms with E-state index in [1.54, 1.807) is 12.5 Å². The fourth-order valence-electron chi connectivity index (χ4n) is 1.04. The summed E-state index contributed by atoms with van der Waals surface area (Å²) in [6.45, 7) is 5.34. The lowest BCUT2D eigenvalue weighted by molar-refractivity contribution is 0.566. The minimum Gasteiger partial charge on any atom is -0.472 e. The van der Waals surface area contributed by atoms with Crippen LogP contribution >= 0.6 is 0 Å². The predicted octanol–water partition coefficient (Wildman–Crippen LogP) is 2.68. The molecule has 1 heterocycles. The van der Waals surface area contributed by atoms with Gasteiger partial charge >= 0.3 is 0 Å². The molecule has 0 aliphatic rings. The van der Waals surface area contributed by atoms with Crippen LogP contribution < -0.4 is 5.32 Å². The zero-order valence-corrected chi connectivity index (χ0v) is 8.29. The third-order valence-corrected chi connectivity index (χ3v) is 1.72. The highest BCUT2D eigenvalue weighted by Gasteiger charge is 1.89. The Labute approximate surface area is 79.6 Å². The second kappa shape index (κ2) is 5.60. The van der Waals surface area contributed by atoms with Crippen molar-refractivity contribution in [2.75, 3.05) is 6.54 Å². The van der Waals surface area contributed by atoms with Crippen LogP contribution in [0.15, 0.2) is 29.1 Å². The highest BCUT2D eigenvalue weighted by Crippen LogP contribution is 2.02. The van der Waals surface area contributed by atoms with Crippen molar-refractivity contribution in [3.63, 3.8) is 0 Å². The van der Waals surface area contributed by atoms with Gasteiger partial charge in [-0.25, -0.2) is 0 Å². The molecule has 1 N–H and O–H groups in total. The molecule has 0 fully saturated rings. The van der Waals surface area contributed by atoms with Crippen molar-refractivity contribution < 1.29 is 4.42 Å². The summed E-state index contributed by atoms with van der Waals surface area (Å²) < 4.78 is 4.94. The first-order valence-electron chi connectivity index (χ1n) is 4.71. The molecule has 2 heteroatoms. The Morgan fingerprint density at radius 1 is 1.54 bits per heavy atom. The standard InChI is InChI=1S/C11H17NO/c1-10(2)12-7-4-3-5-11-6-8-13-9-11/h3,5-6,8-10,12H,4,7H2,1-2H3. The molecule has 0 saturated heterocycles.